The highest BCUT2D eigenvalue weighted by molar-refractivity contribution is 8.00. The minimum atomic E-state index is -0.361. The van der Waals surface area contributed by atoms with Crippen molar-refractivity contribution >= 4 is 17.7 Å². The summed E-state index contributed by atoms with van der Waals surface area (Å²) in [6.45, 7) is 6.88. The van der Waals surface area contributed by atoms with Crippen LogP contribution in [-0.2, 0) is 11.3 Å². The highest BCUT2D eigenvalue weighted by Crippen LogP contribution is 2.26. The van der Waals surface area contributed by atoms with Gasteiger partial charge in [-0.15, -0.1) is 10.2 Å². The molecular formula is C21H25N5O2S. The maximum Gasteiger partial charge on any atom is 0.233 e. The summed E-state index contributed by atoms with van der Waals surface area (Å²) in [6.07, 6.45) is 0. The third-order valence-electron chi connectivity index (χ3n) is 4.33. The first kappa shape index (κ1) is 20.7. The topological polar surface area (TPSA) is 95.1 Å². The van der Waals surface area contributed by atoms with Crippen LogP contribution in [0.2, 0.25) is 0 Å². The molecule has 8 heteroatoms. The molecule has 0 saturated carbocycles. The fourth-order valence-corrected chi connectivity index (χ4v) is 3.47. The van der Waals surface area contributed by atoms with Gasteiger partial charge in [0.2, 0.25) is 11.1 Å². The number of benzene rings is 2. The number of carbonyl (C=O) groups is 1. The molecule has 2 aromatic carbocycles. The third-order valence-corrected chi connectivity index (χ3v) is 5.38. The number of hydrogen-bond donors (Lipinski definition) is 2. The van der Waals surface area contributed by atoms with E-state index in [0.29, 0.717) is 24.1 Å². The SMILES string of the molecule is CCOc1ccc(-c2nnc(S[C@H](C)C(=O)NCc3ccc(C)cc3)n2N)cc1. The average molecular weight is 412 g/mol. The summed E-state index contributed by atoms with van der Waals surface area (Å²) < 4.78 is 6.86. The number of hydrogen-bond acceptors (Lipinski definition) is 6. The van der Waals surface area contributed by atoms with Gasteiger partial charge in [0.15, 0.2) is 5.82 Å². The Morgan fingerprint density at radius 2 is 1.86 bits per heavy atom. The molecule has 0 fully saturated rings. The maximum atomic E-state index is 12.4. The summed E-state index contributed by atoms with van der Waals surface area (Å²) in [4.78, 5) is 12.4. The minimum absolute atomic E-state index is 0.0822. The van der Waals surface area contributed by atoms with Crippen LogP contribution in [0.15, 0.2) is 53.7 Å². The monoisotopic (exact) mass is 411 g/mol. The number of amides is 1. The molecule has 7 nitrogen and oxygen atoms in total. The number of thioether (sulfide) groups is 1. The highest BCUT2D eigenvalue weighted by Gasteiger charge is 2.19. The zero-order valence-electron chi connectivity index (χ0n) is 16.8. The van der Waals surface area contributed by atoms with E-state index in [1.165, 1.54) is 22.0 Å². The molecule has 0 aliphatic rings. The normalized spacial score (nSPS) is 11.8. The van der Waals surface area contributed by atoms with E-state index < -0.39 is 0 Å². The van der Waals surface area contributed by atoms with E-state index in [-0.39, 0.29) is 11.2 Å². The Labute approximate surface area is 174 Å². The van der Waals surface area contributed by atoms with Crippen molar-refractivity contribution in [2.45, 2.75) is 37.7 Å². The van der Waals surface area contributed by atoms with Gasteiger partial charge in [-0.05, 0) is 50.6 Å². The maximum absolute atomic E-state index is 12.4. The third kappa shape index (κ3) is 5.29. The van der Waals surface area contributed by atoms with Crippen molar-refractivity contribution in [1.82, 2.24) is 20.2 Å². The van der Waals surface area contributed by atoms with Crippen LogP contribution in [0.3, 0.4) is 0 Å². The quantitative estimate of drug-likeness (QED) is 0.437. The van der Waals surface area contributed by atoms with Gasteiger partial charge in [-0.1, -0.05) is 41.6 Å². The minimum Gasteiger partial charge on any atom is -0.494 e. The molecule has 0 saturated heterocycles. The van der Waals surface area contributed by atoms with Gasteiger partial charge in [-0.3, -0.25) is 4.79 Å². The van der Waals surface area contributed by atoms with Gasteiger partial charge in [-0.2, -0.15) is 0 Å². The number of ether oxygens (including phenoxy) is 1. The van der Waals surface area contributed by atoms with Crippen molar-refractivity contribution in [3.63, 3.8) is 0 Å². The lowest BCUT2D eigenvalue weighted by molar-refractivity contribution is -0.120. The predicted octanol–water partition coefficient (Wildman–Crippen LogP) is 3.16. The van der Waals surface area contributed by atoms with E-state index in [9.17, 15) is 4.79 Å². The van der Waals surface area contributed by atoms with E-state index >= 15 is 0 Å². The van der Waals surface area contributed by atoms with Gasteiger partial charge < -0.3 is 15.9 Å². The number of aromatic nitrogens is 3. The van der Waals surface area contributed by atoms with Crippen LogP contribution < -0.4 is 15.9 Å². The summed E-state index contributed by atoms with van der Waals surface area (Å²) in [5, 5.41) is 11.4. The van der Waals surface area contributed by atoms with Crippen molar-refractivity contribution in [3.05, 3.63) is 59.7 Å². The first-order chi connectivity index (χ1) is 14.0. The van der Waals surface area contributed by atoms with E-state index in [2.05, 4.69) is 15.5 Å². The summed E-state index contributed by atoms with van der Waals surface area (Å²) in [6, 6.07) is 15.6. The molecule has 1 atom stereocenters. The van der Waals surface area contributed by atoms with Crippen LogP contribution in [0.25, 0.3) is 11.4 Å². The average Bonchev–Trinajstić information content (AvgIpc) is 3.08. The smallest absolute Gasteiger partial charge is 0.233 e. The van der Waals surface area contributed by atoms with Crippen LogP contribution in [0.5, 0.6) is 5.75 Å². The first-order valence-electron chi connectivity index (χ1n) is 9.41. The largest absolute Gasteiger partial charge is 0.494 e. The first-order valence-corrected chi connectivity index (χ1v) is 10.3. The number of nitrogen functional groups attached to an aromatic ring is 1. The second kappa shape index (κ2) is 9.47. The molecule has 3 rings (SSSR count). The molecular weight excluding hydrogens is 386 g/mol. The fourth-order valence-electron chi connectivity index (χ4n) is 2.67. The summed E-state index contributed by atoms with van der Waals surface area (Å²) in [5.41, 5.74) is 3.07. The summed E-state index contributed by atoms with van der Waals surface area (Å²) in [7, 11) is 0. The Morgan fingerprint density at radius 1 is 1.17 bits per heavy atom. The molecule has 152 valence electrons. The van der Waals surface area contributed by atoms with Gasteiger partial charge in [0.05, 0.1) is 11.9 Å². The van der Waals surface area contributed by atoms with Crippen LogP contribution in [0.4, 0.5) is 0 Å². The van der Waals surface area contributed by atoms with Crippen molar-refractivity contribution in [2.75, 3.05) is 12.4 Å². The number of nitrogens with zero attached hydrogens (tertiary/aromatic N) is 3. The molecule has 0 spiro atoms. The van der Waals surface area contributed by atoms with Crippen molar-refractivity contribution in [3.8, 4) is 17.1 Å². The molecule has 29 heavy (non-hydrogen) atoms. The number of nitrogens with two attached hydrogens (primary N) is 1. The van der Waals surface area contributed by atoms with Gasteiger partial charge in [0, 0.05) is 12.1 Å². The summed E-state index contributed by atoms with van der Waals surface area (Å²) in [5.74, 6) is 7.40. The van der Waals surface area contributed by atoms with Crippen molar-refractivity contribution in [2.24, 2.45) is 0 Å². The fraction of sp³-hybridized carbons (Fsp3) is 0.286. The standard InChI is InChI=1S/C21H25N5O2S/c1-4-28-18-11-9-17(10-12-18)19-24-25-21(26(19)22)29-15(3)20(27)23-13-16-7-5-14(2)6-8-16/h5-12,15H,4,13,22H2,1-3H3,(H,23,27)/t15-/m1/s1. The van der Waals surface area contributed by atoms with E-state index in [0.717, 1.165) is 16.9 Å². The lowest BCUT2D eigenvalue weighted by Gasteiger charge is -2.12. The number of carbonyl (C=O) groups excluding carboxylic acids is 1. The molecule has 3 N–H and O–H groups in total. The van der Waals surface area contributed by atoms with Crippen molar-refractivity contribution < 1.29 is 9.53 Å². The van der Waals surface area contributed by atoms with E-state index in [1.54, 1.807) is 0 Å². The molecule has 1 aromatic heterocycles. The predicted molar refractivity (Wildman–Crippen MR) is 115 cm³/mol. The molecule has 0 aliphatic carbocycles. The Bertz CT molecular complexity index is 954. The zero-order chi connectivity index (χ0) is 20.8. The van der Waals surface area contributed by atoms with Crippen molar-refractivity contribution in [1.29, 1.82) is 0 Å². The Hall–Kier alpha value is -3.00. The molecule has 3 aromatic rings. The van der Waals surface area contributed by atoms with E-state index in [1.807, 2.05) is 69.3 Å². The van der Waals surface area contributed by atoms with Gasteiger partial charge in [0.1, 0.15) is 5.75 Å². The van der Waals surface area contributed by atoms with Crippen LogP contribution in [-0.4, -0.2) is 32.6 Å². The lowest BCUT2D eigenvalue weighted by Crippen LogP contribution is -2.30. The van der Waals surface area contributed by atoms with Crippen LogP contribution in [0.1, 0.15) is 25.0 Å². The molecule has 1 amide bonds. The zero-order valence-corrected chi connectivity index (χ0v) is 17.6. The van der Waals surface area contributed by atoms with Crippen LogP contribution >= 0.6 is 11.8 Å². The molecule has 0 radical (unpaired) electrons. The lowest BCUT2D eigenvalue weighted by atomic mass is 10.1. The van der Waals surface area contributed by atoms with E-state index in [4.69, 9.17) is 10.6 Å². The van der Waals surface area contributed by atoms with Crippen LogP contribution in [0, 0.1) is 6.92 Å². The van der Waals surface area contributed by atoms with Gasteiger partial charge >= 0.3 is 0 Å². The Balaban J connectivity index is 1.61. The number of nitrogens with one attached hydrogen (secondary N) is 1. The molecule has 0 bridgehead atoms. The van der Waals surface area contributed by atoms with Gasteiger partial charge in [0.25, 0.3) is 0 Å². The molecule has 0 unspecified atom stereocenters. The Kier molecular flexibility index (Phi) is 6.77. The van der Waals surface area contributed by atoms with Gasteiger partial charge in [-0.25, -0.2) is 4.68 Å². The number of aryl methyl sites for hydroxylation is 1. The second-order valence-electron chi connectivity index (χ2n) is 6.60. The Morgan fingerprint density at radius 3 is 2.52 bits per heavy atom. The highest BCUT2D eigenvalue weighted by atomic mass is 32.2. The molecule has 1 heterocycles. The number of rotatable bonds is 8. The molecule has 0 aliphatic heterocycles. The summed E-state index contributed by atoms with van der Waals surface area (Å²) >= 11 is 1.27. The second-order valence-corrected chi connectivity index (χ2v) is 7.91.